The largest absolute Gasteiger partial charge is 0.508 e. The molecule has 0 bridgehead atoms. The molecule has 0 amide bonds. The fourth-order valence-corrected chi connectivity index (χ4v) is 6.14. The molecule has 2 N–H and O–H groups in total. The quantitative estimate of drug-likeness (QED) is 0.366. The molecule has 37 heavy (non-hydrogen) atoms. The third-order valence-corrected chi connectivity index (χ3v) is 8.19. The van der Waals surface area contributed by atoms with Gasteiger partial charge in [-0.15, -0.1) is 0 Å². The molecule has 1 fully saturated rings. The van der Waals surface area contributed by atoms with Gasteiger partial charge in [0.1, 0.15) is 17.3 Å². The lowest BCUT2D eigenvalue weighted by Gasteiger charge is -2.30. The number of phenolic OH excluding ortho intramolecular Hbond substituents is 2. The Morgan fingerprint density at radius 2 is 1.70 bits per heavy atom. The number of likely N-dealkylation sites (tertiary alicyclic amines) is 1. The minimum atomic E-state index is -0.118. The second-order valence-electron chi connectivity index (χ2n) is 10.9. The number of hydrogen-bond donors (Lipinski definition) is 2. The van der Waals surface area contributed by atoms with Gasteiger partial charge in [-0.2, -0.15) is 0 Å². The molecule has 0 aromatic heterocycles. The van der Waals surface area contributed by atoms with Gasteiger partial charge in [0.2, 0.25) is 0 Å². The number of aryl methyl sites for hydroxylation is 2. The maximum atomic E-state index is 15.0. The molecule has 0 radical (unpaired) electrons. The number of rotatable bonds is 8. The van der Waals surface area contributed by atoms with E-state index in [1.165, 1.54) is 49.0 Å². The van der Waals surface area contributed by atoms with E-state index in [2.05, 4.69) is 9.80 Å². The van der Waals surface area contributed by atoms with Gasteiger partial charge < -0.3 is 20.0 Å². The normalized spacial score (nSPS) is 17.9. The number of aromatic hydroxyl groups is 2. The van der Waals surface area contributed by atoms with Crippen LogP contribution in [0.2, 0.25) is 0 Å². The summed E-state index contributed by atoms with van der Waals surface area (Å²) >= 11 is 0. The van der Waals surface area contributed by atoms with Crippen molar-refractivity contribution in [2.24, 2.45) is 0 Å². The highest BCUT2D eigenvalue weighted by Gasteiger charge is 2.24. The smallest absolute Gasteiger partial charge is 0.126 e. The van der Waals surface area contributed by atoms with Crippen LogP contribution in [0.15, 0.2) is 54.6 Å². The highest BCUT2D eigenvalue weighted by molar-refractivity contribution is 5.59. The fraction of sp³-hybridized carbons (Fsp3) is 0.438. The zero-order valence-corrected chi connectivity index (χ0v) is 21.9. The van der Waals surface area contributed by atoms with Crippen LogP contribution in [0.25, 0.3) is 0 Å². The third kappa shape index (κ3) is 6.27. The number of benzene rings is 3. The summed E-state index contributed by atoms with van der Waals surface area (Å²) in [5.74, 6) is 0.770. The standard InChI is InChI=1S/C32H39FN2O2/c1-34(22-23-7-8-24(31(33)18-23)6-5-17-35-15-3-2-4-16-35)32-21-29(37)13-14-30(32)27-10-9-26-20-28(36)12-11-25(26)19-27/h7-8,11-14,18,20-21,27,36-37H,2-6,9-10,15-17,19,22H2,1H3. The molecular weight excluding hydrogens is 463 g/mol. The lowest BCUT2D eigenvalue weighted by molar-refractivity contribution is 0.226. The topological polar surface area (TPSA) is 46.9 Å². The summed E-state index contributed by atoms with van der Waals surface area (Å²) in [6.45, 7) is 3.99. The van der Waals surface area contributed by atoms with E-state index < -0.39 is 0 Å². The van der Waals surface area contributed by atoms with Gasteiger partial charge in [-0.3, -0.25) is 0 Å². The van der Waals surface area contributed by atoms with Gasteiger partial charge in [0.25, 0.3) is 0 Å². The van der Waals surface area contributed by atoms with E-state index in [9.17, 15) is 14.6 Å². The number of halogens is 1. The Morgan fingerprint density at radius 1 is 0.919 bits per heavy atom. The van der Waals surface area contributed by atoms with Crippen molar-refractivity contribution in [1.82, 2.24) is 4.90 Å². The molecule has 1 heterocycles. The van der Waals surface area contributed by atoms with Gasteiger partial charge in [-0.1, -0.05) is 30.7 Å². The van der Waals surface area contributed by atoms with E-state index in [1.54, 1.807) is 18.2 Å². The molecule has 1 aliphatic carbocycles. The number of fused-ring (bicyclic) bond motifs is 1. The van der Waals surface area contributed by atoms with E-state index in [-0.39, 0.29) is 11.6 Å². The molecule has 0 saturated carbocycles. The van der Waals surface area contributed by atoms with E-state index in [1.807, 2.05) is 43.4 Å². The lowest BCUT2D eigenvalue weighted by Crippen LogP contribution is -2.30. The Kier molecular flexibility index (Phi) is 7.99. The molecule has 1 saturated heterocycles. The summed E-state index contributed by atoms with van der Waals surface area (Å²) < 4.78 is 15.0. The number of anilines is 1. The molecular formula is C32H39FN2O2. The molecule has 2 aliphatic rings. The van der Waals surface area contributed by atoms with Crippen molar-refractivity contribution in [3.63, 3.8) is 0 Å². The molecule has 5 rings (SSSR count). The lowest BCUT2D eigenvalue weighted by atomic mass is 9.79. The SMILES string of the molecule is CN(Cc1ccc(CCCN2CCCCC2)c(F)c1)c1cc(O)ccc1C1CCc2cc(O)ccc2C1. The Labute approximate surface area is 220 Å². The summed E-state index contributed by atoms with van der Waals surface area (Å²) in [6, 6.07) is 17.0. The van der Waals surface area contributed by atoms with Crippen LogP contribution in [0.3, 0.4) is 0 Å². The molecule has 3 aromatic rings. The number of piperidine rings is 1. The molecule has 1 aliphatic heterocycles. The summed E-state index contributed by atoms with van der Waals surface area (Å²) in [7, 11) is 2.01. The van der Waals surface area contributed by atoms with Crippen molar-refractivity contribution in [2.45, 2.75) is 63.8 Å². The highest BCUT2D eigenvalue weighted by atomic mass is 19.1. The summed E-state index contributed by atoms with van der Waals surface area (Å²) in [5.41, 5.74) is 6.41. The van der Waals surface area contributed by atoms with Crippen LogP contribution >= 0.6 is 0 Å². The molecule has 4 nitrogen and oxygen atoms in total. The van der Waals surface area contributed by atoms with Crippen molar-refractivity contribution in [3.05, 3.63) is 88.2 Å². The van der Waals surface area contributed by atoms with Crippen LogP contribution in [0, 0.1) is 5.82 Å². The summed E-state index contributed by atoms with van der Waals surface area (Å²) in [6.07, 6.45) is 8.49. The van der Waals surface area contributed by atoms with Crippen LogP contribution in [-0.2, 0) is 25.8 Å². The number of hydrogen-bond acceptors (Lipinski definition) is 4. The molecule has 1 atom stereocenters. The minimum Gasteiger partial charge on any atom is -0.508 e. The fourth-order valence-electron chi connectivity index (χ4n) is 6.14. The molecule has 5 heteroatoms. The van der Waals surface area contributed by atoms with Crippen LogP contribution in [0.5, 0.6) is 11.5 Å². The minimum absolute atomic E-state index is 0.118. The van der Waals surface area contributed by atoms with Crippen LogP contribution < -0.4 is 4.90 Å². The van der Waals surface area contributed by atoms with Gasteiger partial charge in [-0.25, -0.2) is 4.39 Å². The Bertz CT molecular complexity index is 1220. The van der Waals surface area contributed by atoms with Crippen LogP contribution in [0.4, 0.5) is 10.1 Å². The Balaban J connectivity index is 1.25. The number of phenols is 2. The predicted octanol–water partition coefficient (Wildman–Crippen LogP) is 6.56. The van der Waals surface area contributed by atoms with Gasteiger partial charge in [-0.05, 0) is 123 Å². The Hall–Kier alpha value is -3.05. The maximum Gasteiger partial charge on any atom is 0.126 e. The van der Waals surface area contributed by atoms with Gasteiger partial charge in [0, 0.05) is 25.3 Å². The first-order valence-electron chi connectivity index (χ1n) is 13.8. The van der Waals surface area contributed by atoms with Gasteiger partial charge in [0.05, 0.1) is 0 Å². The maximum absolute atomic E-state index is 15.0. The number of nitrogens with zero attached hydrogens (tertiary/aromatic N) is 2. The zero-order valence-electron chi connectivity index (χ0n) is 21.9. The Morgan fingerprint density at radius 3 is 2.51 bits per heavy atom. The predicted molar refractivity (Wildman–Crippen MR) is 148 cm³/mol. The monoisotopic (exact) mass is 502 g/mol. The third-order valence-electron chi connectivity index (χ3n) is 8.19. The van der Waals surface area contributed by atoms with Crippen molar-refractivity contribution < 1.29 is 14.6 Å². The summed E-state index contributed by atoms with van der Waals surface area (Å²) in [5, 5.41) is 20.1. The van der Waals surface area contributed by atoms with Gasteiger partial charge in [0.15, 0.2) is 0 Å². The van der Waals surface area contributed by atoms with E-state index >= 15 is 0 Å². The van der Waals surface area contributed by atoms with E-state index in [4.69, 9.17) is 0 Å². The second-order valence-corrected chi connectivity index (χ2v) is 10.9. The van der Waals surface area contributed by atoms with Crippen LogP contribution in [0.1, 0.15) is 65.8 Å². The molecule has 3 aromatic carbocycles. The van der Waals surface area contributed by atoms with Crippen molar-refractivity contribution in [3.8, 4) is 11.5 Å². The van der Waals surface area contributed by atoms with E-state index in [0.717, 1.165) is 55.5 Å². The van der Waals surface area contributed by atoms with Crippen molar-refractivity contribution in [1.29, 1.82) is 0 Å². The first-order chi connectivity index (χ1) is 18.0. The van der Waals surface area contributed by atoms with Crippen molar-refractivity contribution >= 4 is 5.69 Å². The highest BCUT2D eigenvalue weighted by Crippen LogP contribution is 2.39. The average Bonchev–Trinajstić information content (AvgIpc) is 2.90. The first kappa shape index (κ1) is 25.6. The van der Waals surface area contributed by atoms with Crippen LogP contribution in [-0.4, -0.2) is 41.8 Å². The average molecular weight is 503 g/mol. The first-order valence-corrected chi connectivity index (χ1v) is 13.8. The zero-order chi connectivity index (χ0) is 25.8. The second kappa shape index (κ2) is 11.6. The molecule has 0 spiro atoms. The summed E-state index contributed by atoms with van der Waals surface area (Å²) in [4.78, 5) is 4.62. The van der Waals surface area contributed by atoms with Gasteiger partial charge >= 0.3 is 0 Å². The molecule has 196 valence electrons. The van der Waals surface area contributed by atoms with Crippen molar-refractivity contribution in [2.75, 3.05) is 31.6 Å². The van der Waals surface area contributed by atoms with E-state index in [0.29, 0.717) is 18.2 Å². The molecule has 1 unspecified atom stereocenters.